The molecule has 0 radical (unpaired) electrons. The van der Waals surface area contributed by atoms with Gasteiger partial charge in [-0.2, -0.15) is 0 Å². The number of nitro groups is 1. The van der Waals surface area contributed by atoms with Crippen LogP contribution in [0.4, 0.5) is 5.69 Å². The van der Waals surface area contributed by atoms with Crippen LogP contribution in [-0.2, 0) is 4.79 Å². The molecule has 0 heterocycles. The molecule has 1 aromatic carbocycles. The Balaban J connectivity index is 2.87. The number of nitrogens with two attached hydrogens (primary N) is 1. The maximum Gasteiger partial charge on any atom is 0.270 e. The number of benzene rings is 1. The average molecular weight is 241 g/mol. The highest BCUT2D eigenvalue weighted by molar-refractivity contribution is 6.32. The zero-order valence-corrected chi connectivity index (χ0v) is 8.98. The van der Waals surface area contributed by atoms with Gasteiger partial charge < -0.3 is 5.73 Å². The SMILES string of the molecule is NC(=O)CC=Cc1ccc([N+](=O)[O-])cc1Cl. The summed E-state index contributed by atoms with van der Waals surface area (Å²) in [5, 5.41) is 10.7. The predicted molar refractivity (Wildman–Crippen MR) is 61.0 cm³/mol. The second-order valence-electron chi connectivity index (χ2n) is 3.04. The molecule has 1 aromatic rings. The van der Waals surface area contributed by atoms with E-state index in [4.69, 9.17) is 17.3 Å². The second kappa shape index (κ2) is 5.27. The molecule has 0 aromatic heterocycles. The summed E-state index contributed by atoms with van der Waals surface area (Å²) in [5.74, 6) is -0.450. The minimum absolute atomic E-state index is 0.0722. The van der Waals surface area contributed by atoms with Crippen LogP contribution in [0.1, 0.15) is 12.0 Å². The van der Waals surface area contributed by atoms with E-state index < -0.39 is 10.8 Å². The van der Waals surface area contributed by atoms with Crippen molar-refractivity contribution in [3.63, 3.8) is 0 Å². The van der Waals surface area contributed by atoms with Gasteiger partial charge in [-0.05, 0) is 11.6 Å². The van der Waals surface area contributed by atoms with Gasteiger partial charge in [0.05, 0.1) is 9.95 Å². The lowest BCUT2D eigenvalue weighted by molar-refractivity contribution is -0.384. The minimum Gasteiger partial charge on any atom is -0.369 e. The van der Waals surface area contributed by atoms with Crippen molar-refractivity contribution < 1.29 is 9.72 Å². The van der Waals surface area contributed by atoms with Crippen LogP contribution < -0.4 is 5.73 Å². The number of hydrogen-bond donors (Lipinski definition) is 1. The van der Waals surface area contributed by atoms with Gasteiger partial charge >= 0.3 is 0 Å². The summed E-state index contributed by atoms with van der Waals surface area (Å²) in [5.41, 5.74) is 5.48. The first-order valence-electron chi connectivity index (χ1n) is 4.39. The van der Waals surface area contributed by atoms with E-state index in [9.17, 15) is 14.9 Å². The lowest BCUT2D eigenvalue weighted by Gasteiger charge is -1.97. The largest absolute Gasteiger partial charge is 0.369 e. The Kier molecular flexibility index (Phi) is 4.02. The molecule has 0 fully saturated rings. The first-order valence-corrected chi connectivity index (χ1v) is 4.77. The number of primary amides is 1. The van der Waals surface area contributed by atoms with Crippen molar-refractivity contribution in [1.82, 2.24) is 0 Å². The molecular weight excluding hydrogens is 232 g/mol. The lowest BCUT2D eigenvalue weighted by Crippen LogP contribution is -2.07. The van der Waals surface area contributed by atoms with Gasteiger partial charge in [0.2, 0.25) is 5.91 Å². The molecule has 0 aliphatic carbocycles. The van der Waals surface area contributed by atoms with Gasteiger partial charge in [0.25, 0.3) is 5.69 Å². The molecule has 1 rings (SSSR count). The zero-order valence-electron chi connectivity index (χ0n) is 8.22. The summed E-state index contributed by atoms with van der Waals surface area (Å²) < 4.78 is 0. The van der Waals surface area contributed by atoms with E-state index >= 15 is 0 Å². The highest BCUT2D eigenvalue weighted by atomic mass is 35.5. The quantitative estimate of drug-likeness (QED) is 0.646. The van der Waals surface area contributed by atoms with Crippen LogP contribution in [0.5, 0.6) is 0 Å². The molecule has 0 aliphatic heterocycles. The number of nitrogens with zero attached hydrogens (tertiary/aromatic N) is 1. The van der Waals surface area contributed by atoms with Crippen LogP contribution in [0, 0.1) is 10.1 Å². The van der Waals surface area contributed by atoms with Crippen LogP contribution in [-0.4, -0.2) is 10.8 Å². The van der Waals surface area contributed by atoms with E-state index in [1.54, 1.807) is 12.2 Å². The fourth-order valence-electron chi connectivity index (χ4n) is 1.07. The van der Waals surface area contributed by atoms with Gasteiger partial charge in [0.1, 0.15) is 0 Å². The van der Waals surface area contributed by atoms with Crippen molar-refractivity contribution in [3.8, 4) is 0 Å². The third kappa shape index (κ3) is 3.36. The number of carbonyl (C=O) groups excluding carboxylic acids is 1. The third-order valence-electron chi connectivity index (χ3n) is 1.81. The van der Waals surface area contributed by atoms with E-state index in [-0.39, 0.29) is 17.1 Å². The van der Waals surface area contributed by atoms with Crippen molar-refractivity contribution in [3.05, 3.63) is 45.0 Å². The number of hydrogen-bond acceptors (Lipinski definition) is 3. The molecule has 0 spiro atoms. The maximum absolute atomic E-state index is 10.5. The molecule has 0 atom stereocenters. The zero-order chi connectivity index (χ0) is 12.1. The van der Waals surface area contributed by atoms with E-state index in [2.05, 4.69) is 0 Å². The number of rotatable bonds is 4. The van der Waals surface area contributed by atoms with Gasteiger partial charge in [0, 0.05) is 18.6 Å². The molecule has 5 nitrogen and oxygen atoms in total. The Hall–Kier alpha value is -1.88. The van der Waals surface area contributed by atoms with Crippen LogP contribution in [0.25, 0.3) is 6.08 Å². The molecular formula is C10H9ClN2O3. The molecule has 0 unspecified atom stereocenters. The predicted octanol–water partition coefficient (Wildman–Crippen LogP) is 2.14. The Morgan fingerprint density at radius 1 is 1.56 bits per heavy atom. The maximum atomic E-state index is 10.5. The Bertz CT molecular complexity index is 457. The first kappa shape index (κ1) is 12.2. The van der Waals surface area contributed by atoms with Crippen molar-refractivity contribution in [2.75, 3.05) is 0 Å². The molecule has 0 aliphatic rings. The minimum atomic E-state index is -0.525. The highest BCUT2D eigenvalue weighted by Gasteiger charge is 2.07. The van der Waals surface area contributed by atoms with Gasteiger partial charge in [0.15, 0.2) is 0 Å². The van der Waals surface area contributed by atoms with Crippen molar-refractivity contribution in [2.45, 2.75) is 6.42 Å². The fraction of sp³-hybridized carbons (Fsp3) is 0.100. The Morgan fingerprint density at radius 2 is 2.25 bits per heavy atom. The smallest absolute Gasteiger partial charge is 0.270 e. The van der Waals surface area contributed by atoms with Crippen LogP contribution in [0.2, 0.25) is 5.02 Å². The van der Waals surface area contributed by atoms with Gasteiger partial charge in [-0.1, -0.05) is 23.8 Å². The molecule has 0 saturated heterocycles. The molecule has 0 saturated carbocycles. The molecule has 16 heavy (non-hydrogen) atoms. The number of non-ortho nitro benzene ring substituents is 1. The van der Waals surface area contributed by atoms with Gasteiger partial charge in [-0.15, -0.1) is 0 Å². The monoisotopic (exact) mass is 240 g/mol. The van der Waals surface area contributed by atoms with E-state index in [0.29, 0.717) is 5.56 Å². The van der Waals surface area contributed by atoms with Crippen molar-refractivity contribution in [2.24, 2.45) is 5.73 Å². The third-order valence-corrected chi connectivity index (χ3v) is 2.14. The van der Waals surface area contributed by atoms with Crippen LogP contribution in [0.15, 0.2) is 24.3 Å². The summed E-state index contributed by atoms with van der Waals surface area (Å²) in [7, 11) is 0. The molecule has 0 bridgehead atoms. The van der Waals surface area contributed by atoms with Crippen LogP contribution >= 0.6 is 11.6 Å². The summed E-state index contributed by atoms with van der Waals surface area (Å²) in [6.07, 6.45) is 3.25. The topological polar surface area (TPSA) is 86.2 Å². The van der Waals surface area contributed by atoms with Crippen molar-refractivity contribution in [1.29, 1.82) is 0 Å². The summed E-state index contributed by atoms with van der Waals surface area (Å²) in [4.78, 5) is 20.4. The number of amides is 1. The molecule has 2 N–H and O–H groups in total. The van der Waals surface area contributed by atoms with E-state index in [0.717, 1.165) is 0 Å². The summed E-state index contributed by atoms with van der Waals surface area (Å²) in [6.45, 7) is 0. The van der Waals surface area contributed by atoms with Crippen LogP contribution in [0.3, 0.4) is 0 Å². The molecule has 1 amide bonds. The second-order valence-corrected chi connectivity index (χ2v) is 3.44. The number of nitro benzene ring substituents is 1. The standard InChI is InChI=1S/C10H9ClN2O3/c11-9-6-8(13(15)16)5-4-7(9)2-1-3-10(12)14/h1-2,4-6H,3H2,(H2,12,14). The number of carbonyl (C=O) groups is 1. The van der Waals surface area contributed by atoms with E-state index in [1.165, 1.54) is 18.2 Å². The highest BCUT2D eigenvalue weighted by Crippen LogP contribution is 2.23. The van der Waals surface area contributed by atoms with Gasteiger partial charge in [-0.3, -0.25) is 14.9 Å². The Labute approximate surface area is 96.7 Å². The van der Waals surface area contributed by atoms with Gasteiger partial charge in [-0.25, -0.2) is 0 Å². The summed E-state index contributed by atoms with van der Waals surface area (Å²) >= 11 is 5.82. The molecule has 6 heteroatoms. The Morgan fingerprint density at radius 3 is 2.75 bits per heavy atom. The lowest BCUT2D eigenvalue weighted by atomic mass is 10.2. The summed E-state index contributed by atoms with van der Waals surface area (Å²) in [6, 6.07) is 4.11. The first-order chi connectivity index (χ1) is 7.50. The normalized spacial score (nSPS) is 10.6. The molecule has 84 valence electrons. The van der Waals surface area contributed by atoms with Crippen molar-refractivity contribution >= 4 is 29.3 Å². The fourth-order valence-corrected chi connectivity index (χ4v) is 1.30. The van der Waals surface area contributed by atoms with E-state index in [1.807, 2.05) is 0 Å². The number of halogens is 1. The average Bonchev–Trinajstić information content (AvgIpc) is 2.19.